The fourth-order valence-electron chi connectivity index (χ4n) is 1.72. The van der Waals surface area contributed by atoms with E-state index in [1.54, 1.807) is 31.4 Å². The number of sulfone groups is 1. The van der Waals surface area contributed by atoms with Gasteiger partial charge in [-0.3, -0.25) is 0 Å². The van der Waals surface area contributed by atoms with Crippen LogP contribution >= 0.6 is 0 Å². The molecule has 1 rings (SSSR count). The number of aryl methyl sites for hydroxylation is 1. The first-order valence-corrected chi connectivity index (χ1v) is 9.23. The minimum absolute atomic E-state index is 0.0316. The molecule has 0 unspecified atom stereocenters. The number of rotatable bonds is 13. The fourth-order valence-corrected chi connectivity index (χ4v) is 2.84. The van der Waals surface area contributed by atoms with Gasteiger partial charge in [0.25, 0.3) is 0 Å². The van der Waals surface area contributed by atoms with Gasteiger partial charge in [-0.2, -0.15) is 0 Å². The topological polar surface area (TPSA) is 71.1 Å². The van der Waals surface area contributed by atoms with Gasteiger partial charge in [0.15, 0.2) is 9.84 Å². The second kappa shape index (κ2) is 11.5. The number of hydrogen-bond acceptors (Lipinski definition) is 6. The van der Waals surface area contributed by atoms with Gasteiger partial charge in [0.1, 0.15) is 0 Å². The van der Waals surface area contributed by atoms with Crippen molar-refractivity contribution in [1.82, 2.24) is 0 Å². The third-order valence-electron chi connectivity index (χ3n) is 3.05. The average Bonchev–Trinajstić information content (AvgIpc) is 2.53. The van der Waals surface area contributed by atoms with Crippen LogP contribution in [0.2, 0.25) is 0 Å². The van der Waals surface area contributed by atoms with Crippen LogP contribution in [0.25, 0.3) is 0 Å². The van der Waals surface area contributed by atoms with E-state index >= 15 is 0 Å². The van der Waals surface area contributed by atoms with Crippen molar-refractivity contribution in [2.24, 2.45) is 0 Å². The van der Waals surface area contributed by atoms with Crippen molar-refractivity contribution >= 4 is 9.84 Å². The summed E-state index contributed by atoms with van der Waals surface area (Å²) in [7, 11) is -1.66. The molecule has 0 spiro atoms. The Morgan fingerprint density at radius 3 is 1.78 bits per heavy atom. The van der Waals surface area contributed by atoms with Crippen LogP contribution in [0.4, 0.5) is 0 Å². The van der Waals surface area contributed by atoms with Gasteiger partial charge in [-0.25, -0.2) is 8.42 Å². The van der Waals surface area contributed by atoms with Crippen molar-refractivity contribution in [2.45, 2.75) is 11.8 Å². The highest BCUT2D eigenvalue weighted by Crippen LogP contribution is 2.11. The molecule has 0 aliphatic carbocycles. The largest absolute Gasteiger partial charge is 0.382 e. The van der Waals surface area contributed by atoms with E-state index in [1.807, 2.05) is 6.92 Å². The van der Waals surface area contributed by atoms with Crippen molar-refractivity contribution in [2.75, 3.05) is 59.1 Å². The van der Waals surface area contributed by atoms with E-state index in [2.05, 4.69) is 0 Å². The molecule has 0 saturated heterocycles. The zero-order chi connectivity index (χ0) is 17.0. The maximum absolute atomic E-state index is 12.1. The Labute approximate surface area is 138 Å². The van der Waals surface area contributed by atoms with E-state index in [1.165, 1.54) is 0 Å². The normalized spacial score (nSPS) is 11.7. The summed E-state index contributed by atoms with van der Waals surface area (Å²) in [4.78, 5) is 0.330. The summed E-state index contributed by atoms with van der Waals surface area (Å²) in [6.07, 6.45) is 0. The monoisotopic (exact) mass is 346 g/mol. The van der Waals surface area contributed by atoms with Crippen molar-refractivity contribution in [1.29, 1.82) is 0 Å². The van der Waals surface area contributed by atoms with E-state index in [0.29, 0.717) is 44.5 Å². The van der Waals surface area contributed by atoms with Crippen molar-refractivity contribution < 1.29 is 27.4 Å². The summed E-state index contributed by atoms with van der Waals surface area (Å²) in [5, 5.41) is 0. The first kappa shape index (κ1) is 20.1. The molecule has 6 nitrogen and oxygen atoms in total. The molecule has 0 N–H and O–H groups in total. The summed E-state index contributed by atoms with van der Waals surface area (Å²) in [5.41, 5.74) is 1.03. The van der Waals surface area contributed by atoms with E-state index in [-0.39, 0.29) is 12.4 Å². The lowest BCUT2D eigenvalue weighted by Gasteiger charge is -2.07. The molecule has 0 atom stereocenters. The first-order chi connectivity index (χ1) is 11.1. The summed E-state index contributed by atoms with van der Waals surface area (Å²) in [6.45, 7) is 4.96. The third kappa shape index (κ3) is 9.02. The van der Waals surface area contributed by atoms with Crippen molar-refractivity contribution in [3.63, 3.8) is 0 Å². The molecule has 0 amide bonds. The van der Waals surface area contributed by atoms with Gasteiger partial charge < -0.3 is 18.9 Å². The lowest BCUT2D eigenvalue weighted by atomic mass is 10.2. The molecule has 23 heavy (non-hydrogen) atoms. The minimum atomic E-state index is -3.28. The number of methoxy groups -OCH3 is 1. The van der Waals surface area contributed by atoms with Crippen molar-refractivity contribution in [3.05, 3.63) is 29.8 Å². The Hall–Kier alpha value is -0.990. The predicted molar refractivity (Wildman–Crippen MR) is 87.6 cm³/mol. The highest BCUT2D eigenvalue weighted by atomic mass is 32.2. The summed E-state index contributed by atoms with van der Waals surface area (Å²) in [6, 6.07) is 6.82. The molecule has 132 valence electrons. The predicted octanol–water partition coefficient (Wildman–Crippen LogP) is 1.46. The van der Waals surface area contributed by atoms with E-state index in [9.17, 15) is 8.42 Å². The van der Waals surface area contributed by atoms with Crippen LogP contribution in [0.3, 0.4) is 0 Å². The van der Waals surface area contributed by atoms with Gasteiger partial charge >= 0.3 is 0 Å². The summed E-state index contributed by atoms with van der Waals surface area (Å²) >= 11 is 0. The molecular weight excluding hydrogens is 320 g/mol. The van der Waals surface area contributed by atoms with E-state index in [4.69, 9.17) is 18.9 Å². The molecule has 0 bridgehead atoms. The van der Waals surface area contributed by atoms with Crippen LogP contribution in [0.1, 0.15) is 5.56 Å². The Bertz CT molecular complexity index is 512. The van der Waals surface area contributed by atoms with Crippen LogP contribution < -0.4 is 0 Å². The van der Waals surface area contributed by atoms with E-state index < -0.39 is 9.84 Å². The van der Waals surface area contributed by atoms with E-state index in [0.717, 1.165) is 5.56 Å². The SMILES string of the molecule is COCCOCCOCCOCCS(=O)(=O)c1ccc(C)cc1. The molecule has 0 aromatic heterocycles. The fraction of sp³-hybridized carbons (Fsp3) is 0.625. The molecule has 0 aliphatic rings. The van der Waals surface area contributed by atoms with Crippen molar-refractivity contribution in [3.8, 4) is 0 Å². The second-order valence-corrected chi connectivity index (χ2v) is 7.07. The van der Waals surface area contributed by atoms with Gasteiger partial charge in [-0.15, -0.1) is 0 Å². The Morgan fingerprint density at radius 2 is 1.26 bits per heavy atom. The van der Waals surface area contributed by atoms with Gasteiger partial charge in [-0.1, -0.05) is 17.7 Å². The van der Waals surface area contributed by atoms with Crippen LogP contribution in [-0.4, -0.2) is 67.5 Å². The third-order valence-corrected chi connectivity index (χ3v) is 4.75. The smallest absolute Gasteiger partial charge is 0.180 e. The number of hydrogen-bond donors (Lipinski definition) is 0. The maximum atomic E-state index is 12.1. The molecule has 0 aliphatic heterocycles. The Balaban J connectivity index is 2.05. The molecule has 0 heterocycles. The molecule has 1 aromatic carbocycles. The van der Waals surface area contributed by atoms with Crippen LogP contribution in [0, 0.1) is 6.92 Å². The second-order valence-electron chi connectivity index (χ2n) is 4.96. The molecule has 0 saturated carbocycles. The van der Waals surface area contributed by atoms with Crippen LogP contribution in [-0.2, 0) is 28.8 Å². The Morgan fingerprint density at radius 1 is 0.783 bits per heavy atom. The van der Waals surface area contributed by atoms with Crippen LogP contribution in [0.5, 0.6) is 0 Å². The number of benzene rings is 1. The average molecular weight is 346 g/mol. The zero-order valence-electron chi connectivity index (χ0n) is 13.8. The van der Waals surface area contributed by atoms with Gasteiger partial charge in [-0.05, 0) is 19.1 Å². The molecule has 7 heteroatoms. The zero-order valence-corrected chi connectivity index (χ0v) is 14.6. The van der Waals surface area contributed by atoms with Gasteiger partial charge in [0.2, 0.25) is 0 Å². The molecule has 1 aromatic rings. The summed E-state index contributed by atoms with van der Waals surface area (Å²) < 4.78 is 44.8. The number of ether oxygens (including phenoxy) is 4. The first-order valence-electron chi connectivity index (χ1n) is 7.58. The quantitative estimate of drug-likeness (QED) is 0.504. The van der Waals surface area contributed by atoms with Crippen LogP contribution in [0.15, 0.2) is 29.2 Å². The van der Waals surface area contributed by atoms with Gasteiger partial charge in [0.05, 0.1) is 56.9 Å². The molecule has 0 fully saturated rings. The summed E-state index contributed by atoms with van der Waals surface area (Å²) in [5.74, 6) is -0.0316. The lowest BCUT2D eigenvalue weighted by Crippen LogP contribution is -2.15. The molecule has 0 radical (unpaired) electrons. The molecular formula is C16H26O6S. The standard InChI is InChI=1S/C16H26O6S/c1-15-3-5-16(6-4-15)23(17,18)14-13-22-12-11-21-10-9-20-8-7-19-2/h3-6H,7-14H2,1-2H3. The maximum Gasteiger partial charge on any atom is 0.180 e. The lowest BCUT2D eigenvalue weighted by molar-refractivity contribution is 0.00555. The highest BCUT2D eigenvalue weighted by Gasteiger charge is 2.13. The highest BCUT2D eigenvalue weighted by molar-refractivity contribution is 7.91. The van der Waals surface area contributed by atoms with Gasteiger partial charge in [0, 0.05) is 7.11 Å². The Kier molecular flexibility index (Phi) is 10.1. The minimum Gasteiger partial charge on any atom is -0.382 e.